The fraction of sp³-hybridized carbons (Fsp3) is 0.0769. The van der Waals surface area contributed by atoms with Gasteiger partial charge in [-0.05, 0) is 17.7 Å². The van der Waals surface area contributed by atoms with Gasteiger partial charge in [-0.3, -0.25) is 0 Å². The van der Waals surface area contributed by atoms with Gasteiger partial charge in [0.25, 0.3) is 0 Å². The lowest BCUT2D eigenvalue weighted by Gasteiger charge is -2.11. The van der Waals surface area contributed by atoms with E-state index in [2.05, 4.69) is 5.32 Å². The molecule has 0 bridgehead atoms. The standard InChI is InChI=1S/C13H7ClF5NO/c14-6-3-5(1-2-7(6)21)4-20-13-11(18)9(16)8(15)10(17)12(13)19/h1-3,20-21H,4H2. The Morgan fingerprint density at radius 3 is 1.95 bits per heavy atom. The summed E-state index contributed by atoms with van der Waals surface area (Å²) in [7, 11) is 0. The molecular weight excluding hydrogens is 317 g/mol. The molecule has 0 radical (unpaired) electrons. The van der Waals surface area contributed by atoms with Crippen LogP contribution in [0.25, 0.3) is 0 Å². The summed E-state index contributed by atoms with van der Waals surface area (Å²) in [6.45, 7) is -0.252. The summed E-state index contributed by atoms with van der Waals surface area (Å²) in [5.41, 5.74) is -0.752. The SMILES string of the molecule is Oc1ccc(CNc2c(F)c(F)c(F)c(F)c2F)cc1Cl. The molecule has 112 valence electrons. The van der Waals surface area contributed by atoms with Gasteiger partial charge in [0.2, 0.25) is 5.82 Å². The monoisotopic (exact) mass is 323 g/mol. The molecule has 0 spiro atoms. The third kappa shape index (κ3) is 2.87. The van der Waals surface area contributed by atoms with Gasteiger partial charge in [-0.15, -0.1) is 0 Å². The zero-order chi connectivity index (χ0) is 15.7. The molecule has 0 aliphatic carbocycles. The Morgan fingerprint density at radius 1 is 0.905 bits per heavy atom. The first-order valence-electron chi connectivity index (χ1n) is 5.55. The Morgan fingerprint density at radius 2 is 1.43 bits per heavy atom. The Balaban J connectivity index is 2.30. The van der Waals surface area contributed by atoms with Gasteiger partial charge in [0.1, 0.15) is 11.4 Å². The first-order chi connectivity index (χ1) is 9.82. The maximum Gasteiger partial charge on any atom is 0.200 e. The number of nitrogens with one attached hydrogen (secondary N) is 1. The summed E-state index contributed by atoms with van der Waals surface area (Å²) in [5.74, 6) is -10.4. The Hall–Kier alpha value is -2.02. The molecular formula is C13H7ClF5NO. The summed E-state index contributed by atoms with van der Waals surface area (Å²) in [6, 6.07) is 3.90. The molecule has 2 nitrogen and oxygen atoms in total. The van der Waals surface area contributed by atoms with Crippen LogP contribution in [-0.2, 0) is 6.54 Å². The lowest BCUT2D eigenvalue weighted by molar-refractivity contribution is 0.381. The average molecular weight is 324 g/mol. The zero-order valence-corrected chi connectivity index (χ0v) is 10.9. The Bertz CT molecular complexity index is 678. The van der Waals surface area contributed by atoms with Gasteiger partial charge < -0.3 is 10.4 Å². The molecule has 0 saturated carbocycles. The number of phenolic OH excluding ortho intramolecular Hbond substituents is 1. The van der Waals surface area contributed by atoms with Crippen molar-refractivity contribution in [1.82, 2.24) is 0 Å². The topological polar surface area (TPSA) is 32.3 Å². The number of hydrogen-bond acceptors (Lipinski definition) is 2. The third-order valence-corrected chi connectivity index (χ3v) is 2.99. The average Bonchev–Trinajstić information content (AvgIpc) is 2.46. The molecule has 2 aromatic carbocycles. The fourth-order valence-electron chi connectivity index (χ4n) is 1.61. The van der Waals surface area contributed by atoms with Crippen LogP contribution in [0, 0.1) is 29.1 Å². The van der Waals surface area contributed by atoms with Crippen molar-refractivity contribution in [2.45, 2.75) is 6.54 Å². The smallest absolute Gasteiger partial charge is 0.200 e. The second-order valence-electron chi connectivity index (χ2n) is 4.08. The van der Waals surface area contributed by atoms with Crippen LogP contribution in [0.3, 0.4) is 0 Å². The van der Waals surface area contributed by atoms with E-state index in [1.54, 1.807) is 0 Å². The minimum absolute atomic E-state index is 0.00767. The molecule has 2 aromatic rings. The number of hydrogen-bond donors (Lipinski definition) is 2. The maximum atomic E-state index is 13.4. The molecule has 0 aromatic heterocycles. The molecule has 8 heteroatoms. The van der Waals surface area contributed by atoms with Gasteiger partial charge in [-0.25, -0.2) is 22.0 Å². The van der Waals surface area contributed by atoms with E-state index in [0.717, 1.165) is 0 Å². The van der Waals surface area contributed by atoms with Crippen LogP contribution >= 0.6 is 11.6 Å². The van der Waals surface area contributed by atoms with E-state index in [-0.39, 0.29) is 17.3 Å². The number of benzene rings is 2. The summed E-state index contributed by atoms with van der Waals surface area (Å²) < 4.78 is 65.6. The molecule has 0 aliphatic heterocycles. The summed E-state index contributed by atoms with van der Waals surface area (Å²) in [6.07, 6.45) is 0. The molecule has 0 amide bonds. The quantitative estimate of drug-likeness (QED) is 0.500. The van der Waals surface area contributed by atoms with Crippen molar-refractivity contribution in [3.8, 4) is 5.75 Å². The first kappa shape index (κ1) is 15.4. The maximum absolute atomic E-state index is 13.4. The molecule has 0 atom stereocenters. The van der Waals surface area contributed by atoms with Crippen molar-refractivity contribution in [2.75, 3.05) is 5.32 Å². The van der Waals surface area contributed by atoms with Crippen molar-refractivity contribution >= 4 is 17.3 Å². The predicted molar refractivity (Wildman–Crippen MR) is 66.7 cm³/mol. The number of anilines is 1. The van der Waals surface area contributed by atoms with Crippen molar-refractivity contribution < 1.29 is 27.1 Å². The van der Waals surface area contributed by atoms with Crippen molar-refractivity contribution in [1.29, 1.82) is 0 Å². The Labute approximate surface area is 120 Å². The van der Waals surface area contributed by atoms with Crippen LogP contribution in [0.1, 0.15) is 5.56 Å². The van der Waals surface area contributed by atoms with Gasteiger partial charge in [0, 0.05) is 6.54 Å². The van der Waals surface area contributed by atoms with Crippen LogP contribution in [0.4, 0.5) is 27.6 Å². The second kappa shape index (κ2) is 5.77. The molecule has 2 rings (SSSR count). The van der Waals surface area contributed by atoms with Crippen LogP contribution in [-0.4, -0.2) is 5.11 Å². The first-order valence-corrected chi connectivity index (χ1v) is 5.93. The highest BCUT2D eigenvalue weighted by molar-refractivity contribution is 6.32. The second-order valence-corrected chi connectivity index (χ2v) is 4.49. The molecule has 21 heavy (non-hydrogen) atoms. The molecule has 2 N–H and O–H groups in total. The zero-order valence-electron chi connectivity index (χ0n) is 10.2. The lowest BCUT2D eigenvalue weighted by atomic mass is 10.2. The highest BCUT2D eigenvalue weighted by atomic mass is 35.5. The summed E-state index contributed by atoms with van der Waals surface area (Å²) >= 11 is 5.63. The van der Waals surface area contributed by atoms with Gasteiger partial charge in [0.15, 0.2) is 23.3 Å². The molecule has 0 unspecified atom stereocenters. The van der Waals surface area contributed by atoms with Gasteiger partial charge in [-0.1, -0.05) is 17.7 Å². The number of aromatic hydroxyl groups is 1. The fourth-order valence-corrected chi connectivity index (χ4v) is 1.81. The minimum atomic E-state index is -2.22. The number of phenols is 1. The van der Waals surface area contributed by atoms with Crippen molar-refractivity contribution in [3.63, 3.8) is 0 Å². The molecule has 0 saturated heterocycles. The van der Waals surface area contributed by atoms with Gasteiger partial charge in [0.05, 0.1) is 5.02 Å². The lowest BCUT2D eigenvalue weighted by Crippen LogP contribution is -2.09. The molecule has 0 fully saturated rings. The van der Waals surface area contributed by atoms with E-state index in [1.165, 1.54) is 18.2 Å². The van der Waals surface area contributed by atoms with E-state index < -0.39 is 34.8 Å². The third-order valence-electron chi connectivity index (χ3n) is 2.69. The normalized spacial score (nSPS) is 10.8. The predicted octanol–water partition coefficient (Wildman–Crippen LogP) is 4.35. The van der Waals surface area contributed by atoms with E-state index in [0.29, 0.717) is 5.56 Å². The van der Waals surface area contributed by atoms with Gasteiger partial charge in [-0.2, -0.15) is 0 Å². The van der Waals surface area contributed by atoms with E-state index in [4.69, 9.17) is 11.6 Å². The van der Waals surface area contributed by atoms with Crippen LogP contribution in [0.15, 0.2) is 18.2 Å². The summed E-state index contributed by atoms with van der Waals surface area (Å²) in [5, 5.41) is 11.3. The largest absolute Gasteiger partial charge is 0.506 e. The highest BCUT2D eigenvalue weighted by Crippen LogP contribution is 2.28. The van der Waals surface area contributed by atoms with Crippen LogP contribution in [0.2, 0.25) is 5.02 Å². The van der Waals surface area contributed by atoms with Crippen molar-refractivity contribution in [3.05, 3.63) is 57.9 Å². The molecule has 0 heterocycles. The van der Waals surface area contributed by atoms with Crippen LogP contribution in [0.5, 0.6) is 5.75 Å². The van der Waals surface area contributed by atoms with Crippen LogP contribution < -0.4 is 5.32 Å². The number of rotatable bonds is 3. The van der Waals surface area contributed by atoms with E-state index >= 15 is 0 Å². The van der Waals surface area contributed by atoms with Gasteiger partial charge >= 0.3 is 0 Å². The minimum Gasteiger partial charge on any atom is -0.506 e. The van der Waals surface area contributed by atoms with Crippen molar-refractivity contribution in [2.24, 2.45) is 0 Å². The highest BCUT2D eigenvalue weighted by Gasteiger charge is 2.25. The van der Waals surface area contributed by atoms with E-state index in [9.17, 15) is 27.1 Å². The Kier molecular flexibility index (Phi) is 4.22. The number of halogens is 6. The molecule has 0 aliphatic rings. The van der Waals surface area contributed by atoms with E-state index in [1.807, 2.05) is 0 Å². The summed E-state index contributed by atoms with van der Waals surface area (Å²) in [4.78, 5) is 0.